The van der Waals surface area contributed by atoms with E-state index in [4.69, 9.17) is 4.74 Å². The number of thiophene rings is 1. The number of anilines is 1. The van der Waals surface area contributed by atoms with E-state index in [1.165, 1.54) is 28.4 Å². The maximum Gasteiger partial charge on any atom is 0.416 e. The number of carbonyl (C=O) groups is 2. The second-order valence-electron chi connectivity index (χ2n) is 6.02. The molecule has 1 amide bonds. The molecule has 8 heteroatoms. The summed E-state index contributed by atoms with van der Waals surface area (Å²) in [5, 5.41) is 3.74. The summed E-state index contributed by atoms with van der Waals surface area (Å²) in [7, 11) is 0. The lowest BCUT2D eigenvalue weighted by Crippen LogP contribution is -2.37. The van der Waals surface area contributed by atoms with Crippen LogP contribution in [0.3, 0.4) is 0 Å². The lowest BCUT2D eigenvalue weighted by atomic mass is 9.85. The number of cyclic esters (lactones) is 1. The molecule has 0 saturated heterocycles. The van der Waals surface area contributed by atoms with Gasteiger partial charge in [0.2, 0.25) is 5.91 Å². The number of amides is 1. The summed E-state index contributed by atoms with van der Waals surface area (Å²) in [5.41, 5.74) is 1.17. The molecule has 1 aromatic carbocycles. The van der Waals surface area contributed by atoms with E-state index in [-0.39, 0.29) is 30.5 Å². The first-order chi connectivity index (χ1) is 12.4. The smallest absolute Gasteiger partial charge is 0.416 e. The van der Waals surface area contributed by atoms with Crippen LogP contribution in [0.4, 0.5) is 18.9 Å². The third-order valence-corrected chi connectivity index (χ3v) is 5.22. The molecule has 1 atom stereocenters. The van der Waals surface area contributed by atoms with Crippen LogP contribution in [0.15, 0.2) is 52.4 Å². The molecule has 1 aromatic heterocycles. The van der Waals surface area contributed by atoms with E-state index in [1.807, 2.05) is 16.8 Å². The third kappa shape index (κ3) is 2.70. The number of rotatable bonds is 2. The summed E-state index contributed by atoms with van der Waals surface area (Å²) < 4.78 is 43.4. The number of ether oxygens (including phenoxy) is 1. The number of benzene rings is 1. The molecule has 2 aromatic rings. The molecule has 3 heterocycles. The van der Waals surface area contributed by atoms with E-state index in [0.717, 1.165) is 17.7 Å². The Kier molecular flexibility index (Phi) is 3.87. The van der Waals surface area contributed by atoms with Crippen molar-refractivity contribution >= 4 is 28.9 Å². The van der Waals surface area contributed by atoms with Gasteiger partial charge in [0, 0.05) is 18.0 Å². The van der Waals surface area contributed by atoms with Crippen LogP contribution < -0.4 is 4.90 Å². The van der Waals surface area contributed by atoms with Gasteiger partial charge in [-0.1, -0.05) is 0 Å². The minimum Gasteiger partial charge on any atom is -0.456 e. The zero-order valence-electron chi connectivity index (χ0n) is 13.2. The maximum absolute atomic E-state index is 12.8. The molecule has 0 N–H and O–H groups in total. The quantitative estimate of drug-likeness (QED) is 0.738. The van der Waals surface area contributed by atoms with E-state index < -0.39 is 17.7 Å². The molecule has 2 aliphatic heterocycles. The van der Waals surface area contributed by atoms with Crippen LogP contribution in [0.2, 0.25) is 0 Å². The van der Waals surface area contributed by atoms with Gasteiger partial charge in [-0.2, -0.15) is 24.5 Å². The van der Waals surface area contributed by atoms with Crippen molar-refractivity contribution in [2.45, 2.75) is 18.5 Å². The Hall–Kier alpha value is -2.61. The van der Waals surface area contributed by atoms with Gasteiger partial charge in [0.15, 0.2) is 0 Å². The van der Waals surface area contributed by atoms with Gasteiger partial charge < -0.3 is 4.74 Å². The summed E-state index contributed by atoms with van der Waals surface area (Å²) in [6, 6.07) is 6.17. The normalized spacial score (nSPS) is 20.4. The van der Waals surface area contributed by atoms with Crippen LogP contribution in [0.5, 0.6) is 0 Å². The van der Waals surface area contributed by atoms with Crippen LogP contribution in [0.25, 0.3) is 0 Å². The minimum absolute atomic E-state index is 0.0612. The Bertz CT molecular complexity index is 901. The fourth-order valence-corrected chi connectivity index (χ4v) is 4.03. The molecular weight excluding hydrogens is 367 g/mol. The molecule has 0 bridgehead atoms. The number of hydrogen-bond acceptors (Lipinski definition) is 4. The summed E-state index contributed by atoms with van der Waals surface area (Å²) in [6.45, 7) is -0.0679. The van der Waals surface area contributed by atoms with Crippen LogP contribution in [-0.4, -0.2) is 18.5 Å². The van der Waals surface area contributed by atoms with Crippen molar-refractivity contribution in [3.8, 4) is 0 Å². The Morgan fingerprint density at radius 1 is 1.12 bits per heavy atom. The van der Waals surface area contributed by atoms with Crippen molar-refractivity contribution < 1.29 is 27.5 Å². The second kappa shape index (κ2) is 5.98. The van der Waals surface area contributed by atoms with Gasteiger partial charge in [-0.05, 0) is 46.7 Å². The zero-order chi connectivity index (χ0) is 18.5. The number of hydrogen-bond donors (Lipinski definition) is 0. The number of carbonyl (C=O) groups excluding carboxylic acids is 2. The van der Waals surface area contributed by atoms with E-state index >= 15 is 0 Å². The van der Waals surface area contributed by atoms with E-state index in [0.29, 0.717) is 11.3 Å². The van der Waals surface area contributed by atoms with Crippen LogP contribution in [0.1, 0.15) is 23.5 Å². The highest BCUT2D eigenvalue weighted by Crippen LogP contribution is 2.42. The Morgan fingerprint density at radius 2 is 1.85 bits per heavy atom. The Balaban J connectivity index is 1.76. The molecule has 26 heavy (non-hydrogen) atoms. The largest absolute Gasteiger partial charge is 0.456 e. The molecular formula is C18H12F3NO3S. The van der Waals surface area contributed by atoms with Gasteiger partial charge in [-0.25, -0.2) is 4.79 Å². The van der Waals surface area contributed by atoms with Crippen molar-refractivity contribution in [3.63, 3.8) is 0 Å². The highest BCUT2D eigenvalue weighted by atomic mass is 32.1. The number of alkyl halides is 3. The van der Waals surface area contributed by atoms with Crippen molar-refractivity contribution in [3.05, 3.63) is 63.5 Å². The van der Waals surface area contributed by atoms with Gasteiger partial charge in [-0.3, -0.25) is 9.69 Å². The second-order valence-corrected chi connectivity index (χ2v) is 6.80. The van der Waals surface area contributed by atoms with Crippen molar-refractivity contribution in [1.82, 2.24) is 0 Å². The van der Waals surface area contributed by atoms with E-state index in [2.05, 4.69) is 0 Å². The summed E-state index contributed by atoms with van der Waals surface area (Å²) in [6.07, 6.45) is -4.39. The fraction of sp³-hybridized carbons (Fsp3) is 0.222. The van der Waals surface area contributed by atoms with Gasteiger partial charge in [0.1, 0.15) is 6.61 Å². The summed E-state index contributed by atoms with van der Waals surface area (Å²) >= 11 is 1.46. The van der Waals surface area contributed by atoms with Crippen molar-refractivity contribution in [2.75, 3.05) is 11.5 Å². The maximum atomic E-state index is 12.8. The molecule has 2 aliphatic rings. The molecule has 4 rings (SSSR count). The standard InChI is InChI=1S/C18H12F3NO3S/c19-18(20,21)11-1-3-12(4-2-11)22-14-8-25-17(24)16(14)13(7-15(22)23)10-5-6-26-9-10/h1-6,9,13H,7-8H2/t13-/m0/s1. The van der Waals surface area contributed by atoms with E-state index in [9.17, 15) is 22.8 Å². The Labute approximate surface area is 150 Å². The highest BCUT2D eigenvalue weighted by Gasteiger charge is 2.43. The van der Waals surface area contributed by atoms with Crippen molar-refractivity contribution in [2.24, 2.45) is 0 Å². The molecule has 0 radical (unpaired) electrons. The molecule has 0 fully saturated rings. The first kappa shape index (κ1) is 16.8. The first-order valence-electron chi connectivity index (χ1n) is 7.78. The van der Waals surface area contributed by atoms with Gasteiger partial charge in [0.05, 0.1) is 16.8 Å². The lowest BCUT2D eigenvalue weighted by molar-refractivity contribution is -0.138. The van der Waals surface area contributed by atoms with Crippen LogP contribution in [-0.2, 0) is 20.5 Å². The predicted molar refractivity (Wildman–Crippen MR) is 88.6 cm³/mol. The summed E-state index contributed by atoms with van der Waals surface area (Å²) in [4.78, 5) is 26.3. The monoisotopic (exact) mass is 379 g/mol. The average Bonchev–Trinajstić information content (AvgIpc) is 3.24. The fourth-order valence-electron chi connectivity index (χ4n) is 3.31. The minimum atomic E-state index is -4.45. The summed E-state index contributed by atoms with van der Waals surface area (Å²) in [5.74, 6) is -1.15. The van der Waals surface area contributed by atoms with Gasteiger partial charge in [0.25, 0.3) is 0 Å². The van der Waals surface area contributed by atoms with E-state index in [1.54, 1.807) is 0 Å². The first-order valence-corrected chi connectivity index (χ1v) is 8.73. The van der Waals surface area contributed by atoms with Crippen LogP contribution >= 0.6 is 11.3 Å². The average molecular weight is 379 g/mol. The molecule has 0 saturated carbocycles. The molecule has 134 valence electrons. The Morgan fingerprint density at radius 3 is 2.46 bits per heavy atom. The topological polar surface area (TPSA) is 46.6 Å². The van der Waals surface area contributed by atoms with Gasteiger partial charge >= 0.3 is 12.1 Å². The molecule has 0 spiro atoms. The highest BCUT2D eigenvalue weighted by molar-refractivity contribution is 7.08. The van der Waals surface area contributed by atoms with Crippen molar-refractivity contribution in [1.29, 1.82) is 0 Å². The number of halogens is 3. The van der Waals surface area contributed by atoms with Gasteiger partial charge in [-0.15, -0.1) is 0 Å². The number of nitrogens with zero attached hydrogens (tertiary/aromatic N) is 1. The number of esters is 1. The zero-order valence-corrected chi connectivity index (χ0v) is 14.1. The molecule has 0 aliphatic carbocycles. The molecule has 4 nitrogen and oxygen atoms in total. The third-order valence-electron chi connectivity index (χ3n) is 4.52. The SMILES string of the molecule is O=C1OCC2=C1[C@H](c1ccsc1)CC(=O)N2c1ccc(C(F)(F)F)cc1. The lowest BCUT2D eigenvalue weighted by Gasteiger charge is -2.31. The molecule has 0 unspecified atom stereocenters. The van der Waals surface area contributed by atoms with Crippen LogP contribution in [0, 0.1) is 0 Å². The predicted octanol–water partition coefficient (Wildman–Crippen LogP) is 4.10.